The molecule has 27 heavy (non-hydrogen) atoms. The highest BCUT2D eigenvalue weighted by Gasteiger charge is 2.41. The summed E-state index contributed by atoms with van der Waals surface area (Å²) in [6, 6.07) is 19.9. The number of hydrogen-bond acceptors (Lipinski definition) is 0. The molecule has 0 nitrogen and oxygen atoms in total. The van der Waals surface area contributed by atoms with Gasteiger partial charge in [-0.25, -0.2) is 0 Å². The lowest BCUT2D eigenvalue weighted by atomic mass is 9.70. The molecule has 0 N–H and O–H groups in total. The maximum atomic E-state index is 2.31. The average Bonchev–Trinajstić information content (AvgIpc) is 2.94. The quantitative estimate of drug-likeness (QED) is 0.472. The van der Waals surface area contributed by atoms with Crippen molar-refractivity contribution in [1.82, 2.24) is 0 Å². The summed E-state index contributed by atoms with van der Waals surface area (Å²) in [7, 11) is 0. The number of allylic oxidation sites excluding steroid dienone is 4. The third kappa shape index (κ3) is 5.70. The second-order valence-corrected chi connectivity index (χ2v) is 5.80. The van der Waals surface area contributed by atoms with Crippen LogP contribution in [0.25, 0.3) is 0 Å². The maximum absolute atomic E-state index is 2.31. The molecule has 2 aromatic carbocycles. The predicted molar refractivity (Wildman–Crippen MR) is 131 cm³/mol. The minimum absolute atomic E-state index is 0. The van der Waals surface area contributed by atoms with Gasteiger partial charge in [0, 0.05) is 5.41 Å². The minimum atomic E-state index is 0. The Labute approximate surface area is 172 Å². The number of aryl methyl sites for hydroxylation is 1. The Hall–Kier alpha value is -2.08. The maximum Gasteiger partial charge on any atom is 0.0417 e. The summed E-state index contributed by atoms with van der Waals surface area (Å²) in [4.78, 5) is 0. The molecule has 1 atom stereocenters. The first-order valence-electron chi connectivity index (χ1n) is 7.73. The Kier molecular flexibility index (Phi) is 16.9. The lowest BCUT2D eigenvalue weighted by Gasteiger charge is -2.32. The molecule has 0 amide bonds. The van der Waals surface area contributed by atoms with Gasteiger partial charge in [-0.05, 0) is 43.4 Å². The molecule has 2 aromatic rings. The molecule has 0 fully saturated rings. The van der Waals surface area contributed by atoms with E-state index in [0.29, 0.717) is 0 Å². The molecule has 0 bridgehead atoms. The van der Waals surface area contributed by atoms with Crippen molar-refractivity contribution in [3.05, 3.63) is 95.1 Å². The van der Waals surface area contributed by atoms with Crippen molar-refractivity contribution < 1.29 is 0 Å². The Morgan fingerprint density at radius 2 is 1.37 bits per heavy atom. The number of rotatable bonds is 3. The largest absolute Gasteiger partial charge is 0.0877 e. The van der Waals surface area contributed by atoms with E-state index < -0.39 is 0 Å². The molecule has 1 unspecified atom stereocenters. The summed E-state index contributed by atoms with van der Waals surface area (Å²) in [5.41, 5.74) is 5.85. The van der Waals surface area contributed by atoms with Gasteiger partial charge in [-0.1, -0.05) is 123 Å². The van der Waals surface area contributed by atoms with Crippen LogP contribution in [-0.2, 0) is 11.8 Å². The van der Waals surface area contributed by atoms with Crippen LogP contribution >= 0.6 is 0 Å². The standard InChI is InChI=1S/C21H22.6CH4/c1-3-4-10-17(2)21(19-12-6-5-7-13-19)16-15-18-11-8-9-14-20(18)21;;;;;;/h3-14H,15-16H2,1-2H3;6*1H4/b4-3-,17-10+;;;;;;. The number of benzene rings is 2. The van der Waals surface area contributed by atoms with Crippen molar-refractivity contribution in [3.63, 3.8) is 0 Å². The molecule has 0 heterocycles. The fourth-order valence-electron chi connectivity index (χ4n) is 3.65. The molecule has 1 aliphatic carbocycles. The molecule has 0 saturated heterocycles. The van der Waals surface area contributed by atoms with Gasteiger partial charge in [-0.3, -0.25) is 0 Å². The summed E-state index contributed by atoms with van der Waals surface area (Å²) < 4.78 is 0. The summed E-state index contributed by atoms with van der Waals surface area (Å²) in [6.07, 6.45) is 8.85. The normalized spacial score (nSPS) is 16.9. The van der Waals surface area contributed by atoms with Crippen LogP contribution in [-0.4, -0.2) is 0 Å². The second-order valence-electron chi connectivity index (χ2n) is 5.80. The molecule has 1 aliphatic rings. The first kappa shape index (κ1) is 32.6. The summed E-state index contributed by atoms with van der Waals surface area (Å²) in [5.74, 6) is 0. The molecule has 0 heteroatoms. The van der Waals surface area contributed by atoms with Crippen molar-refractivity contribution in [3.8, 4) is 0 Å². The molecular weight excluding hydrogens is 324 g/mol. The van der Waals surface area contributed by atoms with Crippen LogP contribution in [0.2, 0.25) is 0 Å². The lowest BCUT2D eigenvalue weighted by molar-refractivity contribution is 0.596. The highest BCUT2D eigenvalue weighted by atomic mass is 14.4. The van der Waals surface area contributed by atoms with Crippen molar-refractivity contribution in [2.45, 2.75) is 76.7 Å². The van der Waals surface area contributed by atoms with Crippen LogP contribution in [0.4, 0.5) is 0 Å². The molecule has 3 rings (SSSR count). The third-order valence-corrected chi connectivity index (χ3v) is 4.72. The molecular formula is C27H46. The van der Waals surface area contributed by atoms with Crippen LogP contribution in [0.3, 0.4) is 0 Å². The average molecular weight is 371 g/mol. The van der Waals surface area contributed by atoms with Gasteiger partial charge in [-0.2, -0.15) is 0 Å². The Bertz CT molecular complexity index is 676. The Morgan fingerprint density at radius 3 is 1.96 bits per heavy atom. The molecule has 0 saturated carbocycles. The van der Waals surface area contributed by atoms with Crippen molar-refractivity contribution in [2.24, 2.45) is 0 Å². The van der Waals surface area contributed by atoms with Gasteiger partial charge in [0.05, 0.1) is 0 Å². The third-order valence-electron chi connectivity index (χ3n) is 4.72. The van der Waals surface area contributed by atoms with Gasteiger partial charge in [0.1, 0.15) is 0 Å². The van der Waals surface area contributed by atoms with Gasteiger partial charge in [0.25, 0.3) is 0 Å². The van der Waals surface area contributed by atoms with Gasteiger partial charge >= 0.3 is 0 Å². The summed E-state index contributed by atoms with van der Waals surface area (Å²) in [5, 5.41) is 0. The van der Waals surface area contributed by atoms with Crippen LogP contribution in [0.15, 0.2) is 78.4 Å². The first-order chi connectivity index (χ1) is 10.3. The van der Waals surface area contributed by atoms with Crippen molar-refractivity contribution >= 4 is 0 Å². The van der Waals surface area contributed by atoms with E-state index in [-0.39, 0.29) is 50.0 Å². The second kappa shape index (κ2) is 14.0. The molecule has 0 aromatic heterocycles. The monoisotopic (exact) mass is 370 g/mol. The fraction of sp³-hybridized carbons (Fsp3) is 0.407. The highest BCUT2D eigenvalue weighted by molar-refractivity contribution is 5.55. The van der Waals surface area contributed by atoms with E-state index in [4.69, 9.17) is 0 Å². The molecule has 0 spiro atoms. The van der Waals surface area contributed by atoms with E-state index in [0.717, 1.165) is 12.8 Å². The predicted octanol–water partition coefficient (Wildman–Crippen LogP) is 9.26. The SMILES string of the molecule is C.C.C.C.C.C.C/C=C\C=C(/C)C1(c2ccccc2)CCc2ccccc21. The molecule has 0 aliphatic heterocycles. The zero-order valence-corrected chi connectivity index (χ0v) is 12.8. The Balaban J connectivity index is -0.000000441. The summed E-state index contributed by atoms with van der Waals surface area (Å²) in [6.45, 7) is 4.34. The molecule has 154 valence electrons. The van der Waals surface area contributed by atoms with Crippen LogP contribution in [0.1, 0.15) is 81.5 Å². The number of fused-ring (bicyclic) bond motifs is 1. The van der Waals surface area contributed by atoms with Crippen molar-refractivity contribution in [2.75, 3.05) is 0 Å². The van der Waals surface area contributed by atoms with E-state index in [1.54, 1.807) is 0 Å². The first-order valence-corrected chi connectivity index (χ1v) is 7.73. The van der Waals surface area contributed by atoms with Gasteiger partial charge in [0.2, 0.25) is 0 Å². The minimum Gasteiger partial charge on any atom is -0.0877 e. The van der Waals surface area contributed by atoms with E-state index in [1.165, 1.54) is 22.3 Å². The van der Waals surface area contributed by atoms with E-state index >= 15 is 0 Å². The highest BCUT2D eigenvalue weighted by Crippen LogP contribution is 2.48. The zero-order valence-electron chi connectivity index (χ0n) is 12.8. The van der Waals surface area contributed by atoms with Crippen LogP contribution in [0, 0.1) is 0 Å². The van der Waals surface area contributed by atoms with Crippen molar-refractivity contribution in [1.29, 1.82) is 0 Å². The van der Waals surface area contributed by atoms with E-state index in [9.17, 15) is 0 Å². The summed E-state index contributed by atoms with van der Waals surface area (Å²) >= 11 is 0. The number of hydrogen-bond donors (Lipinski definition) is 0. The van der Waals surface area contributed by atoms with Gasteiger partial charge < -0.3 is 0 Å². The van der Waals surface area contributed by atoms with Gasteiger partial charge in [0.15, 0.2) is 0 Å². The fourth-order valence-corrected chi connectivity index (χ4v) is 3.65. The molecule has 0 radical (unpaired) electrons. The smallest absolute Gasteiger partial charge is 0.0417 e. The lowest BCUT2D eigenvalue weighted by Crippen LogP contribution is -2.26. The topological polar surface area (TPSA) is 0 Å². The van der Waals surface area contributed by atoms with Gasteiger partial charge in [-0.15, -0.1) is 0 Å². The van der Waals surface area contributed by atoms with Crippen LogP contribution < -0.4 is 0 Å². The zero-order chi connectivity index (χ0) is 14.7. The van der Waals surface area contributed by atoms with E-state index in [2.05, 4.69) is 86.7 Å². The Morgan fingerprint density at radius 1 is 0.815 bits per heavy atom. The van der Waals surface area contributed by atoms with Crippen LogP contribution in [0.5, 0.6) is 0 Å². The van der Waals surface area contributed by atoms with E-state index in [1.807, 2.05) is 0 Å².